The first kappa shape index (κ1) is 27.0. The second-order valence-corrected chi connectivity index (χ2v) is 13.9. The van der Waals surface area contributed by atoms with Crippen molar-refractivity contribution in [2.45, 2.75) is 75.4 Å². The molecule has 0 spiro atoms. The molecule has 0 radical (unpaired) electrons. The normalized spacial score (nSPS) is 23.7. The molecule has 3 atom stereocenters. The standard InChI is InChI=1S/C36H39N5OS/c1-25-38-31-9-5-6-10-33(31)41(25)30-22-28-12-13-29(23-30)40(28)20-17-36(27-7-3-2-4-8-27)15-18-39(19-16-36)35(42)26-11-14-32-34(21-26)43-24-37-32/h2-11,14,21,24,28-30H,12-13,15-20,22-23H2,1H3/t28-,29+,30?. The zero-order valence-electron chi connectivity index (χ0n) is 24.9. The van der Waals surface area contributed by atoms with Gasteiger partial charge in [-0.1, -0.05) is 42.5 Å². The van der Waals surface area contributed by atoms with Gasteiger partial charge in [0.05, 0.1) is 26.8 Å². The summed E-state index contributed by atoms with van der Waals surface area (Å²) in [5.74, 6) is 1.30. The van der Waals surface area contributed by atoms with Gasteiger partial charge in [-0.25, -0.2) is 9.97 Å². The van der Waals surface area contributed by atoms with Crippen molar-refractivity contribution in [1.29, 1.82) is 0 Å². The minimum Gasteiger partial charge on any atom is -0.339 e. The molecule has 43 heavy (non-hydrogen) atoms. The third-order valence-electron chi connectivity index (χ3n) is 10.8. The van der Waals surface area contributed by atoms with Gasteiger partial charge in [0, 0.05) is 36.8 Å². The number of piperidine rings is 2. The zero-order chi connectivity index (χ0) is 29.0. The third-order valence-corrected chi connectivity index (χ3v) is 11.6. The van der Waals surface area contributed by atoms with Crippen LogP contribution in [0, 0.1) is 6.92 Å². The molecule has 8 rings (SSSR count). The Labute approximate surface area is 257 Å². The van der Waals surface area contributed by atoms with Gasteiger partial charge in [-0.3, -0.25) is 9.69 Å². The van der Waals surface area contributed by atoms with Gasteiger partial charge in [-0.15, -0.1) is 11.3 Å². The van der Waals surface area contributed by atoms with E-state index in [4.69, 9.17) is 4.98 Å². The number of aryl methyl sites for hydroxylation is 1. The van der Waals surface area contributed by atoms with E-state index in [2.05, 4.69) is 80.9 Å². The number of likely N-dealkylation sites (tertiary alicyclic amines) is 1. The lowest BCUT2D eigenvalue weighted by Gasteiger charge is -2.45. The maximum Gasteiger partial charge on any atom is 0.253 e. The lowest BCUT2D eigenvalue weighted by atomic mass is 9.70. The largest absolute Gasteiger partial charge is 0.339 e. The summed E-state index contributed by atoms with van der Waals surface area (Å²) in [4.78, 5) is 27.7. The van der Waals surface area contributed by atoms with E-state index in [1.807, 2.05) is 23.7 Å². The van der Waals surface area contributed by atoms with E-state index in [1.165, 1.54) is 36.8 Å². The molecule has 2 aromatic heterocycles. The predicted molar refractivity (Wildman–Crippen MR) is 174 cm³/mol. The molecule has 3 aliphatic rings. The number of nitrogens with zero attached hydrogens (tertiary/aromatic N) is 5. The highest BCUT2D eigenvalue weighted by Crippen LogP contribution is 2.45. The topological polar surface area (TPSA) is 54.3 Å². The predicted octanol–water partition coefficient (Wildman–Crippen LogP) is 7.39. The van der Waals surface area contributed by atoms with E-state index in [0.717, 1.165) is 66.0 Å². The first-order valence-corrected chi connectivity index (χ1v) is 16.8. The fraction of sp³-hybridized carbons (Fsp3) is 0.417. The lowest BCUT2D eigenvalue weighted by Crippen LogP contribution is -2.49. The van der Waals surface area contributed by atoms with E-state index in [-0.39, 0.29) is 11.3 Å². The summed E-state index contributed by atoms with van der Waals surface area (Å²) in [5.41, 5.74) is 7.55. The zero-order valence-corrected chi connectivity index (χ0v) is 25.7. The van der Waals surface area contributed by atoms with Crippen LogP contribution < -0.4 is 0 Å². The van der Waals surface area contributed by atoms with E-state index in [0.29, 0.717) is 18.1 Å². The van der Waals surface area contributed by atoms with Crippen LogP contribution in [-0.2, 0) is 5.41 Å². The lowest BCUT2D eigenvalue weighted by molar-refractivity contribution is 0.0607. The van der Waals surface area contributed by atoms with Crippen molar-refractivity contribution in [2.75, 3.05) is 19.6 Å². The van der Waals surface area contributed by atoms with Gasteiger partial charge < -0.3 is 9.47 Å². The molecule has 6 nitrogen and oxygen atoms in total. The second-order valence-electron chi connectivity index (χ2n) is 13.0. The van der Waals surface area contributed by atoms with E-state index in [1.54, 1.807) is 11.3 Å². The fourth-order valence-corrected chi connectivity index (χ4v) is 9.29. The monoisotopic (exact) mass is 589 g/mol. The van der Waals surface area contributed by atoms with Crippen LogP contribution in [0.5, 0.6) is 0 Å². The van der Waals surface area contributed by atoms with Crippen LogP contribution in [0.4, 0.5) is 0 Å². The number of para-hydroxylation sites is 2. The first-order chi connectivity index (χ1) is 21.1. The number of carbonyl (C=O) groups excluding carboxylic acids is 1. The average Bonchev–Trinajstić information content (AvgIpc) is 3.72. The maximum absolute atomic E-state index is 13.5. The molecule has 0 aliphatic carbocycles. The molecule has 7 heteroatoms. The number of thiazole rings is 1. The van der Waals surface area contributed by atoms with Gasteiger partial charge in [0.15, 0.2) is 0 Å². The molecule has 3 aromatic carbocycles. The second kappa shape index (κ2) is 10.9. The Bertz CT molecular complexity index is 1750. The Morgan fingerprint density at radius 2 is 1.65 bits per heavy atom. The summed E-state index contributed by atoms with van der Waals surface area (Å²) in [5, 5.41) is 0. The molecule has 3 fully saturated rings. The molecule has 0 N–H and O–H groups in total. The van der Waals surface area contributed by atoms with Gasteiger partial charge in [0.1, 0.15) is 5.82 Å². The van der Waals surface area contributed by atoms with Crippen molar-refractivity contribution in [2.24, 2.45) is 0 Å². The summed E-state index contributed by atoms with van der Waals surface area (Å²) >= 11 is 1.60. The average molecular weight is 590 g/mol. The first-order valence-electron chi connectivity index (χ1n) is 16.0. The van der Waals surface area contributed by atoms with Gasteiger partial charge >= 0.3 is 0 Å². The van der Waals surface area contributed by atoms with Gasteiger partial charge in [-0.05, 0) is 99.7 Å². The summed E-state index contributed by atoms with van der Waals surface area (Å²) < 4.78 is 3.61. The van der Waals surface area contributed by atoms with Crippen LogP contribution in [0.15, 0.2) is 78.3 Å². The van der Waals surface area contributed by atoms with Crippen molar-refractivity contribution in [3.63, 3.8) is 0 Å². The highest BCUT2D eigenvalue weighted by atomic mass is 32.1. The van der Waals surface area contributed by atoms with Crippen LogP contribution in [0.25, 0.3) is 21.3 Å². The van der Waals surface area contributed by atoms with Crippen LogP contribution in [0.1, 0.15) is 72.7 Å². The van der Waals surface area contributed by atoms with Crippen LogP contribution >= 0.6 is 11.3 Å². The minimum absolute atomic E-state index is 0.104. The van der Waals surface area contributed by atoms with Crippen molar-refractivity contribution in [3.8, 4) is 0 Å². The molecule has 1 amide bonds. The molecule has 5 aromatic rings. The number of carbonyl (C=O) groups is 1. The fourth-order valence-electron chi connectivity index (χ4n) is 8.57. The SMILES string of the molecule is Cc1nc2ccccc2n1C1C[C@H]2CC[C@@H](C1)N2CCC1(c2ccccc2)CCN(C(=O)c2ccc3ncsc3c2)CC1. The number of hydrogen-bond donors (Lipinski definition) is 0. The highest BCUT2D eigenvalue weighted by Gasteiger charge is 2.44. The summed E-state index contributed by atoms with van der Waals surface area (Å²) in [6.07, 6.45) is 8.20. The molecule has 3 aliphatic heterocycles. The number of benzene rings is 3. The smallest absolute Gasteiger partial charge is 0.253 e. The molecule has 220 valence electrons. The van der Waals surface area contributed by atoms with E-state index < -0.39 is 0 Å². The van der Waals surface area contributed by atoms with E-state index in [9.17, 15) is 4.79 Å². The quantitative estimate of drug-likeness (QED) is 0.207. The molecule has 2 bridgehead atoms. The number of imidazole rings is 1. The number of rotatable bonds is 6. The highest BCUT2D eigenvalue weighted by molar-refractivity contribution is 7.16. The van der Waals surface area contributed by atoms with Gasteiger partial charge in [0.2, 0.25) is 0 Å². The van der Waals surface area contributed by atoms with E-state index >= 15 is 0 Å². The maximum atomic E-state index is 13.5. The van der Waals surface area contributed by atoms with Crippen LogP contribution in [0.3, 0.4) is 0 Å². The third kappa shape index (κ3) is 4.77. The molecular formula is C36H39N5OS. The molecule has 1 unspecified atom stereocenters. The molecule has 5 heterocycles. The number of hydrogen-bond acceptors (Lipinski definition) is 5. The summed E-state index contributed by atoms with van der Waals surface area (Å²) in [6, 6.07) is 27.5. The number of amides is 1. The molecule has 3 saturated heterocycles. The van der Waals surface area contributed by atoms with Crippen molar-refractivity contribution < 1.29 is 4.79 Å². The molecule has 0 saturated carbocycles. The number of aromatic nitrogens is 3. The van der Waals surface area contributed by atoms with Gasteiger partial charge in [-0.2, -0.15) is 0 Å². The van der Waals surface area contributed by atoms with Crippen LogP contribution in [0.2, 0.25) is 0 Å². The Balaban J connectivity index is 0.980. The van der Waals surface area contributed by atoms with Crippen molar-refractivity contribution >= 4 is 38.5 Å². The van der Waals surface area contributed by atoms with Crippen molar-refractivity contribution in [1.82, 2.24) is 24.3 Å². The Hall–Kier alpha value is -3.55. The summed E-state index contributed by atoms with van der Waals surface area (Å²) in [6.45, 7) is 4.91. The van der Waals surface area contributed by atoms with Crippen molar-refractivity contribution in [3.05, 3.63) is 95.3 Å². The summed E-state index contributed by atoms with van der Waals surface area (Å²) in [7, 11) is 0. The molecular weight excluding hydrogens is 550 g/mol. The Kier molecular flexibility index (Phi) is 6.83. The Morgan fingerprint density at radius 3 is 2.44 bits per heavy atom. The van der Waals surface area contributed by atoms with Gasteiger partial charge in [0.25, 0.3) is 5.91 Å². The number of fused-ring (bicyclic) bond motifs is 4. The Morgan fingerprint density at radius 1 is 0.907 bits per heavy atom. The minimum atomic E-state index is 0.104. The van der Waals surface area contributed by atoms with Crippen LogP contribution in [-0.4, -0.2) is 62.0 Å².